The van der Waals surface area contributed by atoms with Gasteiger partial charge in [0.05, 0.1) is 55.3 Å². The summed E-state index contributed by atoms with van der Waals surface area (Å²) in [5.74, 6) is 0. The Hall–Kier alpha value is -5.30. The van der Waals surface area contributed by atoms with Crippen LogP contribution < -0.4 is 5.46 Å². The molecule has 10 aromatic rings. The maximum absolute atomic E-state index is 6.81. The summed E-state index contributed by atoms with van der Waals surface area (Å²) in [5, 5.41) is 7.42. The number of para-hydroxylation sites is 4. The van der Waals surface area contributed by atoms with Gasteiger partial charge in [-0.05, 0) is 70.2 Å². The van der Waals surface area contributed by atoms with Crippen LogP contribution in [0.25, 0.3) is 82.1 Å². The number of hydrogen-bond acceptors (Lipinski definition) is 2. The van der Waals surface area contributed by atoms with Crippen LogP contribution in [0.15, 0.2) is 121 Å². The van der Waals surface area contributed by atoms with Crippen molar-refractivity contribution in [2.75, 3.05) is 0 Å². The highest BCUT2D eigenvalue weighted by Gasteiger charge is 2.52. The van der Waals surface area contributed by atoms with Gasteiger partial charge in [0, 0.05) is 43.5 Å². The van der Waals surface area contributed by atoms with Gasteiger partial charge in [-0.2, -0.15) is 0 Å². The fraction of sp³-hybridized carbons (Fsp3) is 0.143. The quantitative estimate of drug-likeness (QED) is 0.180. The Bertz CT molecular complexity index is 2950. The van der Waals surface area contributed by atoms with E-state index in [1.807, 2.05) is 0 Å². The van der Waals surface area contributed by atoms with Gasteiger partial charge in [-0.1, -0.05) is 78.9 Å². The molecule has 1 aliphatic rings. The molecule has 0 aliphatic carbocycles. The molecule has 6 aromatic carbocycles. The molecule has 0 radical (unpaired) electrons. The third kappa shape index (κ3) is 3.11. The van der Waals surface area contributed by atoms with E-state index in [1.54, 1.807) is 0 Å². The second-order valence-electron chi connectivity index (χ2n) is 14.4. The molecule has 4 aromatic heterocycles. The standard InChI is InChI=1S/C42H32BN3O2/c1-41(2)42(3,4)48-43(47-41)30-22-24-34-37-36-33(44(40(30)37)25-13-6-5-7-14-25)23-21-29-27-16-9-11-19-32(27)46(39(29)36)35-20-12-17-28-26-15-8-10-18-31(26)45(34)38(28)35/h5-24H,1-4H3. The summed E-state index contributed by atoms with van der Waals surface area (Å²) >= 11 is 0. The van der Waals surface area contributed by atoms with Crippen LogP contribution in [0.5, 0.6) is 0 Å². The first kappa shape index (κ1) is 26.7. The molecule has 1 aliphatic heterocycles. The van der Waals surface area contributed by atoms with Crippen molar-refractivity contribution in [3.05, 3.63) is 121 Å². The van der Waals surface area contributed by atoms with Gasteiger partial charge >= 0.3 is 7.12 Å². The predicted molar refractivity (Wildman–Crippen MR) is 200 cm³/mol. The summed E-state index contributed by atoms with van der Waals surface area (Å²) in [5.41, 5.74) is 10.6. The van der Waals surface area contributed by atoms with Gasteiger partial charge in [-0.25, -0.2) is 0 Å². The van der Waals surface area contributed by atoms with Crippen LogP contribution in [0.3, 0.4) is 0 Å². The molecule has 48 heavy (non-hydrogen) atoms. The number of nitrogens with zero attached hydrogens (tertiary/aromatic N) is 3. The number of fused-ring (bicyclic) bond motifs is 8. The van der Waals surface area contributed by atoms with Gasteiger partial charge in [-0.3, -0.25) is 0 Å². The Labute approximate surface area is 277 Å². The Morgan fingerprint density at radius 1 is 0.438 bits per heavy atom. The molecule has 230 valence electrons. The number of aromatic nitrogens is 3. The minimum atomic E-state index is -0.531. The fourth-order valence-corrected chi connectivity index (χ4v) is 8.56. The first-order valence-electron chi connectivity index (χ1n) is 16.8. The predicted octanol–water partition coefficient (Wildman–Crippen LogP) is 9.64. The van der Waals surface area contributed by atoms with Gasteiger partial charge in [0.1, 0.15) is 0 Å². The molecular weight excluding hydrogens is 589 g/mol. The lowest BCUT2D eigenvalue weighted by Crippen LogP contribution is -2.41. The third-order valence-corrected chi connectivity index (χ3v) is 11.4. The average molecular weight is 622 g/mol. The maximum atomic E-state index is 6.81. The largest absolute Gasteiger partial charge is 0.497 e. The minimum absolute atomic E-state index is 0.473. The van der Waals surface area contributed by atoms with Gasteiger partial charge in [0.15, 0.2) is 0 Å². The summed E-state index contributed by atoms with van der Waals surface area (Å²) in [6, 6.07) is 44.4. The van der Waals surface area contributed by atoms with Crippen molar-refractivity contribution in [3.63, 3.8) is 0 Å². The van der Waals surface area contributed by atoms with Crippen LogP contribution in [0.4, 0.5) is 0 Å². The second kappa shape index (κ2) is 8.78. The Balaban J connectivity index is 1.50. The Kier molecular flexibility index (Phi) is 4.89. The number of hydrogen-bond donors (Lipinski definition) is 0. The molecule has 6 heteroatoms. The molecule has 0 spiro atoms. The maximum Gasteiger partial charge on any atom is 0.497 e. The number of benzene rings is 6. The van der Waals surface area contributed by atoms with Crippen molar-refractivity contribution in [3.8, 4) is 5.69 Å². The monoisotopic (exact) mass is 621 g/mol. The van der Waals surface area contributed by atoms with Gasteiger partial charge in [0.2, 0.25) is 0 Å². The summed E-state index contributed by atoms with van der Waals surface area (Å²) in [4.78, 5) is 0. The Morgan fingerprint density at radius 3 is 1.69 bits per heavy atom. The van der Waals surface area contributed by atoms with Gasteiger partial charge < -0.3 is 22.7 Å². The van der Waals surface area contributed by atoms with Crippen LogP contribution in [0.2, 0.25) is 0 Å². The first-order chi connectivity index (χ1) is 23.3. The van der Waals surface area contributed by atoms with Crippen LogP contribution >= 0.6 is 0 Å². The van der Waals surface area contributed by atoms with E-state index in [2.05, 4.69) is 162 Å². The second-order valence-corrected chi connectivity index (χ2v) is 14.4. The lowest BCUT2D eigenvalue weighted by atomic mass is 9.77. The summed E-state index contributed by atoms with van der Waals surface area (Å²) in [6.07, 6.45) is 0. The highest BCUT2D eigenvalue weighted by molar-refractivity contribution is 6.65. The highest BCUT2D eigenvalue weighted by atomic mass is 16.7. The zero-order valence-corrected chi connectivity index (χ0v) is 27.3. The smallest absolute Gasteiger partial charge is 0.399 e. The molecule has 5 nitrogen and oxygen atoms in total. The van der Waals surface area contributed by atoms with Crippen molar-refractivity contribution >= 4 is 89.0 Å². The van der Waals surface area contributed by atoms with E-state index in [0.29, 0.717) is 0 Å². The van der Waals surface area contributed by atoms with E-state index in [0.717, 1.165) is 27.7 Å². The van der Waals surface area contributed by atoms with E-state index in [1.165, 1.54) is 59.9 Å². The molecule has 1 saturated heterocycles. The topological polar surface area (TPSA) is 32.2 Å². The van der Waals surface area contributed by atoms with Crippen molar-refractivity contribution in [2.24, 2.45) is 0 Å². The van der Waals surface area contributed by atoms with Gasteiger partial charge in [-0.15, -0.1) is 0 Å². The van der Waals surface area contributed by atoms with Crippen LogP contribution in [-0.4, -0.2) is 31.7 Å². The van der Waals surface area contributed by atoms with Crippen molar-refractivity contribution in [1.29, 1.82) is 0 Å². The van der Waals surface area contributed by atoms with E-state index in [-0.39, 0.29) is 0 Å². The SMILES string of the molecule is CC1(C)OB(c2ccc3c4c5c(ccc6c7ccccc7n(c7cccc8c9ccccc9n3c87)c65)n(-c3ccccc3)c24)OC1(C)C. The van der Waals surface area contributed by atoms with E-state index < -0.39 is 18.3 Å². The molecule has 11 rings (SSSR count). The minimum Gasteiger partial charge on any atom is -0.399 e. The molecule has 0 bridgehead atoms. The van der Waals surface area contributed by atoms with Crippen molar-refractivity contribution in [1.82, 2.24) is 13.4 Å². The summed E-state index contributed by atoms with van der Waals surface area (Å²) in [6.45, 7) is 8.52. The molecule has 0 atom stereocenters. The molecule has 5 heterocycles. The average Bonchev–Trinajstić information content (AvgIpc) is 3.78. The molecule has 0 unspecified atom stereocenters. The van der Waals surface area contributed by atoms with Crippen LogP contribution in [-0.2, 0) is 9.31 Å². The lowest BCUT2D eigenvalue weighted by molar-refractivity contribution is 0.00578. The Morgan fingerprint density at radius 2 is 0.979 bits per heavy atom. The van der Waals surface area contributed by atoms with Crippen LogP contribution in [0.1, 0.15) is 27.7 Å². The molecule has 0 saturated carbocycles. The summed E-state index contributed by atoms with van der Waals surface area (Å²) < 4.78 is 21.1. The normalized spacial score (nSPS) is 16.5. The van der Waals surface area contributed by atoms with E-state index >= 15 is 0 Å². The van der Waals surface area contributed by atoms with Crippen molar-refractivity contribution in [2.45, 2.75) is 38.9 Å². The fourth-order valence-electron chi connectivity index (χ4n) is 8.56. The zero-order chi connectivity index (χ0) is 32.1. The third-order valence-electron chi connectivity index (χ3n) is 11.4. The van der Waals surface area contributed by atoms with E-state index in [4.69, 9.17) is 9.31 Å². The number of rotatable bonds is 2. The summed E-state index contributed by atoms with van der Waals surface area (Å²) in [7, 11) is -0.531. The van der Waals surface area contributed by atoms with Gasteiger partial charge in [0.25, 0.3) is 0 Å². The highest BCUT2D eigenvalue weighted by Crippen LogP contribution is 2.46. The molecule has 1 fully saturated rings. The van der Waals surface area contributed by atoms with Crippen molar-refractivity contribution < 1.29 is 9.31 Å². The van der Waals surface area contributed by atoms with E-state index in [9.17, 15) is 0 Å². The molecular formula is C42H32BN3O2. The first-order valence-corrected chi connectivity index (χ1v) is 16.8. The lowest BCUT2D eigenvalue weighted by Gasteiger charge is -2.32. The molecule has 0 amide bonds. The van der Waals surface area contributed by atoms with Crippen LogP contribution in [0, 0.1) is 0 Å². The molecule has 0 N–H and O–H groups in total. The zero-order valence-electron chi connectivity index (χ0n) is 27.3.